The normalized spacial score (nSPS) is 12.7. The second-order valence-electron chi connectivity index (χ2n) is 5.55. The number of hydrogen-bond donors (Lipinski definition) is 2. The van der Waals surface area contributed by atoms with E-state index in [-0.39, 0.29) is 17.6 Å². The molecule has 1 rings (SSSR count). The number of likely N-dealkylation sites (N-methyl/N-ethyl adjacent to an activating group) is 1. The molecule has 0 radical (unpaired) electrons. The van der Waals surface area contributed by atoms with E-state index < -0.39 is 5.82 Å². The van der Waals surface area contributed by atoms with Crippen molar-refractivity contribution in [1.82, 2.24) is 10.2 Å². The molecule has 0 aromatic heterocycles. The molecule has 1 aromatic rings. The number of hydrogen-bond acceptors (Lipinski definition) is 3. The highest BCUT2D eigenvalue weighted by atomic mass is 19.1. The van der Waals surface area contributed by atoms with Crippen molar-refractivity contribution in [3.8, 4) is 0 Å². The Balaban J connectivity index is 2.71. The molecule has 0 fully saturated rings. The number of carbonyl (C=O) groups excluding carboxylic acids is 1. The first-order valence-corrected chi connectivity index (χ1v) is 7.40. The van der Waals surface area contributed by atoms with Crippen LogP contribution in [0.1, 0.15) is 37.0 Å². The molecular weight excluding hydrogens is 269 g/mol. The largest absolute Gasteiger partial charge is 0.396 e. The van der Waals surface area contributed by atoms with E-state index in [0.717, 1.165) is 12.8 Å². The first-order valence-electron chi connectivity index (χ1n) is 7.40. The molecule has 1 amide bonds. The zero-order chi connectivity index (χ0) is 16.0. The fourth-order valence-corrected chi connectivity index (χ4v) is 2.57. The minimum atomic E-state index is -0.563. The minimum Gasteiger partial charge on any atom is -0.396 e. The summed E-state index contributed by atoms with van der Waals surface area (Å²) in [5.41, 5.74) is 5.76. The Morgan fingerprint density at radius 1 is 1.33 bits per heavy atom. The topological polar surface area (TPSA) is 58.4 Å². The predicted molar refractivity (Wildman–Crippen MR) is 84.7 cm³/mol. The summed E-state index contributed by atoms with van der Waals surface area (Å²) in [6.07, 6.45) is 2.12. The van der Waals surface area contributed by atoms with Gasteiger partial charge in [-0.15, -0.1) is 0 Å². The zero-order valence-corrected chi connectivity index (χ0v) is 13.3. The maximum atomic E-state index is 13.4. The van der Waals surface area contributed by atoms with Gasteiger partial charge in [0.2, 0.25) is 0 Å². The van der Waals surface area contributed by atoms with Gasteiger partial charge in [-0.25, -0.2) is 4.39 Å². The van der Waals surface area contributed by atoms with Crippen molar-refractivity contribution in [2.24, 2.45) is 5.92 Å². The van der Waals surface area contributed by atoms with Gasteiger partial charge in [0.05, 0.1) is 5.69 Å². The maximum absolute atomic E-state index is 13.4. The van der Waals surface area contributed by atoms with Gasteiger partial charge in [0.25, 0.3) is 5.91 Å². The van der Waals surface area contributed by atoms with E-state index in [2.05, 4.69) is 24.1 Å². The van der Waals surface area contributed by atoms with Crippen LogP contribution >= 0.6 is 0 Å². The Kier molecular flexibility index (Phi) is 6.62. The molecule has 0 spiro atoms. The summed E-state index contributed by atoms with van der Waals surface area (Å²) in [5, 5.41) is 2.89. The standard InChI is InChI=1S/C16H26FN3O/c1-5-11(6-2)15(20(3)4)10-19-16(21)12-7-8-14(18)13(17)9-12/h7-9,11,15H,5-6,10,18H2,1-4H3,(H,19,21). The van der Waals surface area contributed by atoms with Crippen LogP contribution in [0.25, 0.3) is 0 Å². The highest BCUT2D eigenvalue weighted by Gasteiger charge is 2.21. The van der Waals surface area contributed by atoms with E-state index in [1.165, 1.54) is 18.2 Å². The van der Waals surface area contributed by atoms with Gasteiger partial charge >= 0.3 is 0 Å². The van der Waals surface area contributed by atoms with Crippen molar-refractivity contribution >= 4 is 11.6 Å². The van der Waals surface area contributed by atoms with Gasteiger partial charge in [-0.05, 0) is 38.2 Å². The van der Waals surface area contributed by atoms with Gasteiger partial charge in [-0.1, -0.05) is 26.7 Å². The van der Waals surface area contributed by atoms with Crippen LogP contribution in [0.5, 0.6) is 0 Å². The van der Waals surface area contributed by atoms with Gasteiger partial charge in [0, 0.05) is 18.2 Å². The number of nitrogens with one attached hydrogen (secondary N) is 1. The fraction of sp³-hybridized carbons (Fsp3) is 0.562. The zero-order valence-electron chi connectivity index (χ0n) is 13.3. The van der Waals surface area contributed by atoms with Crippen molar-refractivity contribution in [3.63, 3.8) is 0 Å². The number of nitrogens with zero attached hydrogens (tertiary/aromatic N) is 1. The SMILES string of the molecule is CCC(CC)C(CNC(=O)c1ccc(N)c(F)c1)N(C)C. The third-order valence-electron chi connectivity index (χ3n) is 3.99. The third-order valence-corrected chi connectivity index (χ3v) is 3.99. The van der Waals surface area contributed by atoms with Gasteiger partial charge in [0.1, 0.15) is 5.82 Å². The average Bonchev–Trinajstić information content (AvgIpc) is 2.45. The second kappa shape index (κ2) is 7.98. The molecule has 0 saturated carbocycles. The predicted octanol–water partition coefficient (Wildman–Crippen LogP) is 2.50. The number of rotatable bonds is 7. The number of amides is 1. The van der Waals surface area contributed by atoms with E-state index in [1.54, 1.807) is 0 Å². The molecule has 0 aliphatic carbocycles. The minimum absolute atomic E-state index is 0.0507. The lowest BCUT2D eigenvalue weighted by Gasteiger charge is -2.31. The lowest BCUT2D eigenvalue weighted by molar-refractivity contribution is 0.0928. The Morgan fingerprint density at radius 3 is 2.43 bits per heavy atom. The number of anilines is 1. The van der Waals surface area contributed by atoms with E-state index in [1.807, 2.05) is 14.1 Å². The van der Waals surface area contributed by atoms with Gasteiger partial charge in [-0.2, -0.15) is 0 Å². The van der Waals surface area contributed by atoms with Crippen molar-refractivity contribution in [3.05, 3.63) is 29.6 Å². The van der Waals surface area contributed by atoms with Crippen molar-refractivity contribution in [2.45, 2.75) is 32.7 Å². The van der Waals surface area contributed by atoms with E-state index >= 15 is 0 Å². The first kappa shape index (κ1) is 17.4. The van der Waals surface area contributed by atoms with Crippen LogP contribution in [-0.2, 0) is 0 Å². The van der Waals surface area contributed by atoms with Crippen LogP contribution in [0.4, 0.5) is 10.1 Å². The molecule has 0 aliphatic heterocycles. The highest BCUT2D eigenvalue weighted by Crippen LogP contribution is 2.17. The third kappa shape index (κ3) is 4.70. The summed E-state index contributed by atoms with van der Waals surface area (Å²) in [5.74, 6) is -0.318. The van der Waals surface area contributed by atoms with Gasteiger partial charge < -0.3 is 16.0 Å². The summed E-state index contributed by atoms with van der Waals surface area (Å²) in [4.78, 5) is 14.2. The van der Waals surface area contributed by atoms with Crippen molar-refractivity contribution in [2.75, 3.05) is 26.4 Å². The molecule has 3 N–H and O–H groups in total. The molecule has 0 saturated heterocycles. The summed E-state index contributed by atoms with van der Waals surface area (Å²) in [6.45, 7) is 4.86. The number of nitrogen functional groups attached to an aromatic ring is 1. The van der Waals surface area contributed by atoms with Gasteiger partial charge in [0.15, 0.2) is 0 Å². The molecule has 4 nitrogen and oxygen atoms in total. The lowest BCUT2D eigenvalue weighted by Crippen LogP contribution is -2.44. The molecule has 21 heavy (non-hydrogen) atoms. The number of halogens is 1. The molecule has 1 atom stereocenters. The molecule has 1 unspecified atom stereocenters. The van der Waals surface area contributed by atoms with E-state index in [0.29, 0.717) is 18.0 Å². The Morgan fingerprint density at radius 2 is 1.95 bits per heavy atom. The first-order chi connectivity index (χ1) is 9.90. The van der Waals surface area contributed by atoms with Crippen LogP contribution in [-0.4, -0.2) is 37.5 Å². The van der Waals surface area contributed by atoms with E-state index in [4.69, 9.17) is 5.73 Å². The summed E-state index contributed by atoms with van der Waals surface area (Å²) in [6, 6.07) is 4.39. The van der Waals surface area contributed by atoms with Crippen LogP contribution in [0.15, 0.2) is 18.2 Å². The molecular formula is C16H26FN3O. The maximum Gasteiger partial charge on any atom is 0.251 e. The van der Waals surface area contributed by atoms with Crippen LogP contribution in [0.2, 0.25) is 0 Å². The van der Waals surface area contributed by atoms with Gasteiger partial charge in [-0.3, -0.25) is 4.79 Å². The molecule has 1 aromatic carbocycles. The number of benzene rings is 1. The average molecular weight is 295 g/mol. The Labute approximate surface area is 126 Å². The molecule has 0 aliphatic rings. The smallest absolute Gasteiger partial charge is 0.251 e. The Bertz CT molecular complexity index is 473. The van der Waals surface area contributed by atoms with Crippen molar-refractivity contribution < 1.29 is 9.18 Å². The molecule has 0 bridgehead atoms. The summed E-state index contributed by atoms with van der Waals surface area (Å²) < 4.78 is 13.4. The summed E-state index contributed by atoms with van der Waals surface area (Å²) >= 11 is 0. The summed E-state index contributed by atoms with van der Waals surface area (Å²) in [7, 11) is 4.02. The second-order valence-corrected chi connectivity index (χ2v) is 5.55. The monoisotopic (exact) mass is 295 g/mol. The van der Waals surface area contributed by atoms with E-state index in [9.17, 15) is 9.18 Å². The Hall–Kier alpha value is -1.62. The van der Waals surface area contributed by atoms with Crippen molar-refractivity contribution in [1.29, 1.82) is 0 Å². The molecule has 5 heteroatoms. The fourth-order valence-electron chi connectivity index (χ4n) is 2.57. The van der Waals surface area contributed by atoms with Crippen LogP contribution in [0, 0.1) is 11.7 Å². The lowest BCUT2D eigenvalue weighted by atomic mass is 9.93. The van der Waals surface area contributed by atoms with Crippen LogP contribution in [0.3, 0.4) is 0 Å². The number of carbonyl (C=O) groups is 1. The number of nitrogens with two attached hydrogens (primary N) is 1. The molecule has 0 heterocycles. The molecule has 118 valence electrons. The quantitative estimate of drug-likeness (QED) is 0.760. The van der Waals surface area contributed by atoms with Crippen LogP contribution < -0.4 is 11.1 Å². The highest BCUT2D eigenvalue weighted by molar-refractivity contribution is 5.94.